The molecule has 0 saturated carbocycles. The van der Waals surface area contributed by atoms with Gasteiger partial charge in [-0.05, 0) is 23.3 Å². The van der Waals surface area contributed by atoms with Crippen LogP contribution in [-0.4, -0.2) is 0 Å². The van der Waals surface area contributed by atoms with Gasteiger partial charge in [0.1, 0.15) is 0 Å². The van der Waals surface area contributed by atoms with Crippen molar-refractivity contribution < 1.29 is 0 Å². The molecule has 0 N–H and O–H groups in total. The lowest BCUT2D eigenvalue weighted by molar-refractivity contribution is 0.923. The zero-order valence-electron chi connectivity index (χ0n) is 11.0. The van der Waals surface area contributed by atoms with E-state index in [0.29, 0.717) is 0 Å². The van der Waals surface area contributed by atoms with E-state index in [1.807, 2.05) is 62.4 Å². The van der Waals surface area contributed by atoms with Crippen molar-refractivity contribution in [3.05, 3.63) is 69.7 Å². The molecule has 0 nitrogen and oxygen atoms in total. The quantitative estimate of drug-likeness (QED) is 0.617. The van der Waals surface area contributed by atoms with Gasteiger partial charge in [0.15, 0.2) is 0 Å². The van der Waals surface area contributed by atoms with E-state index in [1.165, 1.54) is 0 Å². The van der Waals surface area contributed by atoms with Crippen LogP contribution < -0.4 is 0 Å². The Morgan fingerprint density at radius 2 is 1.06 bits per heavy atom. The van der Waals surface area contributed by atoms with Crippen molar-refractivity contribution >= 4 is 23.2 Å². The van der Waals surface area contributed by atoms with Crippen LogP contribution in [0.2, 0.25) is 10.0 Å². The molecule has 2 aromatic rings. The highest BCUT2D eigenvalue weighted by molar-refractivity contribution is 6.32. The molecule has 0 aliphatic heterocycles. The largest absolute Gasteiger partial charge is 0.0840 e. The molecule has 2 aromatic carbocycles. The van der Waals surface area contributed by atoms with Crippen LogP contribution in [-0.2, 0) is 0 Å². The van der Waals surface area contributed by atoms with E-state index in [1.54, 1.807) is 0 Å². The lowest BCUT2D eigenvalue weighted by Crippen LogP contribution is -1.97. The van der Waals surface area contributed by atoms with Crippen molar-refractivity contribution in [2.45, 2.75) is 26.7 Å². The smallest absolute Gasteiger partial charge is 0.0444 e. The minimum Gasteiger partial charge on any atom is -0.0840 e. The van der Waals surface area contributed by atoms with Crippen molar-refractivity contribution in [3.63, 3.8) is 0 Å². The van der Waals surface area contributed by atoms with E-state index in [9.17, 15) is 0 Å². The first-order valence-corrected chi connectivity index (χ1v) is 6.94. The molecule has 0 aromatic heterocycles. The number of benzene rings is 2. The highest BCUT2D eigenvalue weighted by atomic mass is 35.5. The molecule has 0 aliphatic carbocycles. The summed E-state index contributed by atoms with van der Waals surface area (Å²) in [6.45, 7) is 6.11. The van der Waals surface area contributed by atoms with Crippen LogP contribution in [0.5, 0.6) is 0 Å². The molecule has 0 fully saturated rings. The fourth-order valence-corrected chi connectivity index (χ4v) is 2.42. The highest BCUT2D eigenvalue weighted by Crippen LogP contribution is 2.33. The summed E-state index contributed by atoms with van der Waals surface area (Å²) < 4.78 is 0. The van der Waals surface area contributed by atoms with Crippen molar-refractivity contribution in [2.75, 3.05) is 0 Å². The third-order valence-corrected chi connectivity index (χ3v) is 3.43. The van der Waals surface area contributed by atoms with Gasteiger partial charge < -0.3 is 0 Å². The molecule has 2 rings (SSSR count). The van der Waals surface area contributed by atoms with Crippen LogP contribution in [0.25, 0.3) is 0 Å². The van der Waals surface area contributed by atoms with Gasteiger partial charge in [0.2, 0.25) is 0 Å². The van der Waals surface area contributed by atoms with Crippen molar-refractivity contribution in [2.24, 2.45) is 0 Å². The lowest BCUT2D eigenvalue weighted by Gasteiger charge is -2.15. The standard InChI is InChI=1S/C14H12Cl2.C2H6/c1-10(11-6-2-4-8-13(11)15)12-7-3-5-9-14(12)16;1-2/h2-10H,1H3;1-2H3. The zero-order chi connectivity index (χ0) is 13.5. The second-order valence-corrected chi connectivity index (χ2v) is 4.58. The summed E-state index contributed by atoms with van der Waals surface area (Å²) >= 11 is 12.4. The summed E-state index contributed by atoms with van der Waals surface area (Å²) in [7, 11) is 0. The van der Waals surface area contributed by atoms with Crippen molar-refractivity contribution in [3.8, 4) is 0 Å². The van der Waals surface area contributed by atoms with Gasteiger partial charge in [-0.2, -0.15) is 0 Å². The number of hydrogen-bond acceptors (Lipinski definition) is 0. The molecule has 0 saturated heterocycles. The molecule has 18 heavy (non-hydrogen) atoms. The van der Waals surface area contributed by atoms with Crippen molar-refractivity contribution in [1.82, 2.24) is 0 Å². The molecule has 96 valence electrons. The van der Waals surface area contributed by atoms with Gasteiger partial charge in [-0.1, -0.05) is 80.4 Å². The minimum absolute atomic E-state index is 0.211. The Morgan fingerprint density at radius 1 is 0.722 bits per heavy atom. The summed E-state index contributed by atoms with van der Waals surface area (Å²) in [6, 6.07) is 15.8. The molecule has 0 radical (unpaired) electrons. The highest BCUT2D eigenvalue weighted by Gasteiger charge is 2.13. The van der Waals surface area contributed by atoms with Gasteiger partial charge >= 0.3 is 0 Å². The predicted molar refractivity (Wildman–Crippen MR) is 81.8 cm³/mol. The van der Waals surface area contributed by atoms with Gasteiger partial charge in [-0.3, -0.25) is 0 Å². The van der Waals surface area contributed by atoms with Gasteiger partial charge in [0, 0.05) is 16.0 Å². The fraction of sp³-hybridized carbons (Fsp3) is 0.250. The van der Waals surface area contributed by atoms with E-state index >= 15 is 0 Å². The molecular weight excluding hydrogens is 263 g/mol. The first-order valence-electron chi connectivity index (χ1n) is 6.19. The summed E-state index contributed by atoms with van der Waals surface area (Å²) in [6.07, 6.45) is 0. The Morgan fingerprint density at radius 3 is 1.39 bits per heavy atom. The lowest BCUT2D eigenvalue weighted by atomic mass is 9.93. The van der Waals surface area contributed by atoms with Crippen LogP contribution in [0.15, 0.2) is 48.5 Å². The maximum Gasteiger partial charge on any atom is 0.0444 e. The van der Waals surface area contributed by atoms with Crippen molar-refractivity contribution in [1.29, 1.82) is 0 Å². The Bertz CT molecular complexity index is 446. The Hall–Kier alpha value is -0.980. The molecule has 0 spiro atoms. The normalized spacial score (nSPS) is 9.89. The molecule has 2 heteroatoms. The van der Waals surface area contributed by atoms with Gasteiger partial charge in [-0.15, -0.1) is 0 Å². The molecular formula is C16H18Cl2. The summed E-state index contributed by atoms with van der Waals surface area (Å²) in [4.78, 5) is 0. The molecule has 0 atom stereocenters. The predicted octanol–water partition coefficient (Wildman–Crippen LogP) is 6.17. The summed E-state index contributed by atoms with van der Waals surface area (Å²) in [5.74, 6) is 0.211. The van der Waals surface area contributed by atoms with Gasteiger partial charge in [-0.25, -0.2) is 0 Å². The molecule has 0 aliphatic rings. The maximum atomic E-state index is 6.18. The molecule has 0 bridgehead atoms. The van der Waals surface area contributed by atoms with E-state index in [0.717, 1.165) is 21.2 Å². The molecule has 0 unspecified atom stereocenters. The summed E-state index contributed by atoms with van der Waals surface area (Å²) in [5, 5.41) is 1.57. The third-order valence-electron chi connectivity index (χ3n) is 2.74. The second-order valence-electron chi connectivity index (χ2n) is 3.76. The first kappa shape index (κ1) is 15.1. The topological polar surface area (TPSA) is 0 Å². The Balaban J connectivity index is 0.000000771. The monoisotopic (exact) mass is 280 g/mol. The SMILES string of the molecule is CC.CC(c1ccccc1Cl)c1ccccc1Cl. The molecule has 0 heterocycles. The van der Waals surface area contributed by atoms with Crippen LogP contribution in [0.3, 0.4) is 0 Å². The fourth-order valence-electron chi connectivity index (χ4n) is 1.82. The minimum atomic E-state index is 0.211. The van der Waals surface area contributed by atoms with Crippen LogP contribution in [0.1, 0.15) is 37.8 Å². The van der Waals surface area contributed by atoms with Crippen LogP contribution in [0.4, 0.5) is 0 Å². The van der Waals surface area contributed by atoms with E-state index in [4.69, 9.17) is 23.2 Å². The zero-order valence-corrected chi connectivity index (χ0v) is 12.5. The first-order chi connectivity index (χ1) is 8.70. The Labute approximate surface area is 120 Å². The Kier molecular flexibility index (Phi) is 6.24. The number of halogens is 2. The third kappa shape index (κ3) is 3.51. The van der Waals surface area contributed by atoms with E-state index in [2.05, 4.69) is 6.92 Å². The average Bonchev–Trinajstić information content (AvgIpc) is 2.41. The van der Waals surface area contributed by atoms with Crippen LogP contribution >= 0.6 is 23.2 Å². The average molecular weight is 281 g/mol. The maximum absolute atomic E-state index is 6.18. The number of hydrogen-bond donors (Lipinski definition) is 0. The van der Waals surface area contributed by atoms with Crippen LogP contribution in [0, 0.1) is 0 Å². The molecule has 0 amide bonds. The van der Waals surface area contributed by atoms with E-state index in [-0.39, 0.29) is 5.92 Å². The van der Waals surface area contributed by atoms with Gasteiger partial charge in [0.25, 0.3) is 0 Å². The number of rotatable bonds is 2. The second kappa shape index (κ2) is 7.45. The van der Waals surface area contributed by atoms with E-state index < -0.39 is 0 Å². The van der Waals surface area contributed by atoms with Gasteiger partial charge in [0.05, 0.1) is 0 Å². The summed E-state index contributed by atoms with van der Waals surface area (Å²) in [5.41, 5.74) is 2.22.